The van der Waals surface area contributed by atoms with Crippen molar-refractivity contribution in [2.45, 2.75) is 4.90 Å². The van der Waals surface area contributed by atoms with Gasteiger partial charge in [-0.05, 0) is 42.5 Å². The van der Waals surface area contributed by atoms with E-state index in [2.05, 4.69) is 20.5 Å². The maximum Gasteiger partial charge on any atom is 0.243 e. The largest absolute Gasteiger partial charge is 0.352 e. The molecule has 1 aromatic carbocycles. The number of aromatic nitrogens is 3. The number of nitrogens with zero attached hydrogens (tertiary/aromatic N) is 5. The van der Waals surface area contributed by atoms with Gasteiger partial charge in [-0.15, -0.1) is 10.2 Å². The van der Waals surface area contributed by atoms with Gasteiger partial charge >= 0.3 is 0 Å². The van der Waals surface area contributed by atoms with E-state index in [0.29, 0.717) is 30.5 Å². The highest BCUT2D eigenvalue weighted by Crippen LogP contribution is 2.21. The molecule has 3 heterocycles. The molecule has 0 bridgehead atoms. The number of piperazine rings is 1. The number of benzene rings is 1. The van der Waals surface area contributed by atoms with Crippen LogP contribution in [0.25, 0.3) is 0 Å². The second-order valence-corrected chi connectivity index (χ2v) is 8.40. The zero-order chi connectivity index (χ0) is 20.3. The second-order valence-electron chi connectivity index (χ2n) is 6.47. The molecule has 4 rings (SSSR count). The van der Waals surface area contributed by atoms with Gasteiger partial charge in [-0.2, -0.15) is 4.31 Å². The van der Waals surface area contributed by atoms with Crippen LogP contribution in [0.3, 0.4) is 0 Å². The lowest BCUT2D eigenvalue weighted by Gasteiger charge is -2.34. The zero-order valence-electron chi connectivity index (χ0n) is 15.4. The standard InChI is InChI=1S/C19H19FN6O2S/c20-15-4-3-5-16(14-15)29(27,28)26-12-10-25(11-13-26)19-8-7-18(23-24-19)22-17-6-1-2-9-21-17/h1-9,14H,10-13H2,(H,21,22,23). The molecule has 29 heavy (non-hydrogen) atoms. The predicted octanol–water partition coefficient (Wildman–Crippen LogP) is 2.27. The predicted molar refractivity (Wildman–Crippen MR) is 107 cm³/mol. The van der Waals surface area contributed by atoms with Crippen molar-refractivity contribution in [3.05, 3.63) is 66.6 Å². The van der Waals surface area contributed by atoms with Gasteiger partial charge in [-0.25, -0.2) is 17.8 Å². The first kappa shape index (κ1) is 19.2. The first-order chi connectivity index (χ1) is 14.0. The summed E-state index contributed by atoms with van der Waals surface area (Å²) in [6, 6.07) is 14.2. The molecule has 0 radical (unpaired) electrons. The monoisotopic (exact) mass is 414 g/mol. The molecule has 0 atom stereocenters. The van der Waals surface area contributed by atoms with Crippen LogP contribution in [0, 0.1) is 5.82 Å². The molecule has 8 nitrogen and oxygen atoms in total. The van der Waals surface area contributed by atoms with Crippen molar-refractivity contribution in [2.75, 3.05) is 36.4 Å². The van der Waals surface area contributed by atoms with E-state index >= 15 is 0 Å². The summed E-state index contributed by atoms with van der Waals surface area (Å²) in [5.74, 6) is 1.34. The van der Waals surface area contributed by atoms with Crippen LogP contribution in [-0.2, 0) is 10.0 Å². The average Bonchev–Trinajstić information content (AvgIpc) is 2.75. The lowest BCUT2D eigenvalue weighted by atomic mass is 10.3. The van der Waals surface area contributed by atoms with Gasteiger partial charge in [0.25, 0.3) is 0 Å². The van der Waals surface area contributed by atoms with Crippen LogP contribution in [0.4, 0.5) is 21.8 Å². The highest BCUT2D eigenvalue weighted by Gasteiger charge is 2.29. The minimum Gasteiger partial charge on any atom is -0.352 e. The molecule has 1 aliphatic rings. The van der Waals surface area contributed by atoms with Crippen LogP contribution in [0.1, 0.15) is 0 Å². The van der Waals surface area contributed by atoms with Crippen molar-refractivity contribution in [1.29, 1.82) is 0 Å². The van der Waals surface area contributed by atoms with E-state index in [0.717, 1.165) is 6.07 Å². The number of pyridine rings is 1. The molecule has 1 aliphatic heterocycles. The number of hydrogen-bond donors (Lipinski definition) is 1. The van der Waals surface area contributed by atoms with Gasteiger partial charge in [0, 0.05) is 32.4 Å². The summed E-state index contributed by atoms with van der Waals surface area (Å²) in [5, 5.41) is 11.4. The molecule has 0 spiro atoms. The second kappa shape index (κ2) is 8.10. The molecule has 1 N–H and O–H groups in total. The fourth-order valence-electron chi connectivity index (χ4n) is 3.06. The highest BCUT2D eigenvalue weighted by atomic mass is 32.2. The first-order valence-corrected chi connectivity index (χ1v) is 10.5. The molecule has 1 saturated heterocycles. The fraction of sp³-hybridized carbons (Fsp3) is 0.211. The van der Waals surface area contributed by atoms with E-state index in [1.165, 1.54) is 22.5 Å². The molecule has 2 aromatic heterocycles. The van der Waals surface area contributed by atoms with Crippen LogP contribution >= 0.6 is 0 Å². The SMILES string of the molecule is O=S(=O)(c1cccc(F)c1)N1CCN(c2ccc(Nc3ccccn3)nn2)CC1. The lowest BCUT2D eigenvalue weighted by molar-refractivity contribution is 0.383. The van der Waals surface area contributed by atoms with Gasteiger partial charge in [-0.1, -0.05) is 12.1 Å². The number of halogens is 1. The minimum absolute atomic E-state index is 0.0318. The number of hydrogen-bond acceptors (Lipinski definition) is 7. The van der Waals surface area contributed by atoms with E-state index in [1.807, 2.05) is 29.2 Å². The molecule has 150 valence electrons. The Balaban J connectivity index is 1.39. The molecule has 0 amide bonds. The smallest absolute Gasteiger partial charge is 0.243 e. The van der Waals surface area contributed by atoms with Crippen molar-refractivity contribution in [3.63, 3.8) is 0 Å². The quantitative estimate of drug-likeness (QED) is 0.685. The Labute approximate surface area is 168 Å². The number of anilines is 3. The summed E-state index contributed by atoms with van der Waals surface area (Å²) < 4.78 is 40.2. The van der Waals surface area contributed by atoms with E-state index < -0.39 is 15.8 Å². The van der Waals surface area contributed by atoms with Gasteiger partial charge in [0.1, 0.15) is 11.6 Å². The normalized spacial score (nSPS) is 15.3. The fourth-order valence-corrected chi connectivity index (χ4v) is 4.52. The first-order valence-electron chi connectivity index (χ1n) is 9.05. The Morgan fingerprint density at radius 1 is 0.897 bits per heavy atom. The average molecular weight is 414 g/mol. The lowest BCUT2D eigenvalue weighted by Crippen LogP contribution is -2.49. The minimum atomic E-state index is -3.72. The van der Waals surface area contributed by atoms with E-state index in [4.69, 9.17) is 0 Å². The van der Waals surface area contributed by atoms with Crippen LogP contribution in [0.2, 0.25) is 0 Å². The third-order valence-corrected chi connectivity index (χ3v) is 6.46. The van der Waals surface area contributed by atoms with E-state index in [-0.39, 0.29) is 18.0 Å². The van der Waals surface area contributed by atoms with Crippen molar-refractivity contribution in [2.24, 2.45) is 0 Å². The van der Waals surface area contributed by atoms with Crippen molar-refractivity contribution in [1.82, 2.24) is 19.5 Å². The van der Waals surface area contributed by atoms with Crippen LogP contribution in [0.5, 0.6) is 0 Å². The van der Waals surface area contributed by atoms with Gasteiger partial charge in [0.2, 0.25) is 10.0 Å². The third-order valence-electron chi connectivity index (χ3n) is 4.57. The van der Waals surface area contributed by atoms with Crippen molar-refractivity contribution >= 4 is 27.5 Å². The Kier molecular flexibility index (Phi) is 5.36. The maximum absolute atomic E-state index is 13.4. The van der Waals surface area contributed by atoms with Gasteiger partial charge in [-0.3, -0.25) is 0 Å². The van der Waals surface area contributed by atoms with E-state index in [1.54, 1.807) is 12.3 Å². The molecule has 10 heteroatoms. The molecule has 0 saturated carbocycles. The van der Waals surface area contributed by atoms with E-state index in [9.17, 15) is 12.8 Å². The van der Waals surface area contributed by atoms with Gasteiger partial charge in [0.05, 0.1) is 4.90 Å². The summed E-state index contributed by atoms with van der Waals surface area (Å²) >= 11 is 0. The van der Waals surface area contributed by atoms with Crippen LogP contribution in [-0.4, -0.2) is 54.1 Å². The zero-order valence-corrected chi connectivity index (χ0v) is 16.3. The Hall–Kier alpha value is -3.11. The molecule has 0 unspecified atom stereocenters. The number of nitrogens with one attached hydrogen (secondary N) is 1. The molecular formula is C19H19FN6O2S. The van der Waals surface area contributed by atoms with Gasteiger partial charge < -0.3 is 10.2 Å². The molecule has 1 fully saturated rings. The van der Waals surface area contributed by atoms with Crippen LogP contribution in [0.15, 0.2) is 65.7 Å². The number of rotatable bonds is 5. The number of sulfonamides is 1. The third kappa shape index (κ3) is 4.33. The Morgan fingerprint density at radius 3 is 2.38 bits per heavy atom. The van der Waals surface area contributed by atoms with Crippen LogP contribution < -0.4 is 10.2 Å². The van der Waals surface area contributed by atoms with Crippen molar-refractivity contribution < 1.29 is 12.8 Å². The van der Waals surface area contributed by atoms with Crippen molar-refractivity contribution in [3.8, 4) is 0 Å². The molecular weight excluding hydrogens is 395 g/mol. The molecule has 0 aliphatic carbocycles. The summed E-state index contributed by atoms with van der Waals surface area (Å²) in [5.41, 5.74) is 0. The summed E-state index contributed by atoms with van der Waals surface area (Å²) in [6.07, 6.45) is 1.68. The summed E-state index contributed by atoms with van der Waals surface area (Å²) in [4.78, 5) is 6.11. The topological polar surface area (TPSA) is 91.3 Å². The Bertz CT molecular complexity index is 1070. The summed E-state index contributed by atoms with van der Waals surface area (Å²) in [6.45, 7) is 1.51. The summed E-state index contributed by atoms with van der Waals surface area (Å²) in [7, 11) is -3.72. The molecule has 3 aromatic rings. The highest BCUT2D eigenvalue weighted by molar-refractivity contribution is 7.89. The maximum atomic E-state index is 13.4. The Morgan fingerprint density at radius 2 is 1.72 bits per heavy atom. The van der Waals surface area contributed by atoms with Gasteiger partial charge in [0.15, 0.2) is 11.6 Å².